The number of carbonyl (C=O) groups excluding carboxylic acids is 1. The van der Waals surface area contributed by atoms with E-state index in [1.165, 1.54) is 14.1 Å². The highest BCUT2D eigenvalue weighted by Crippen LogP contribution is 2.15. The molecule has 0 bridgehead atoms. The molecule has 0 spiro atoms. The van der Waals surface area contributed by atoms with Gasteiger partial charge in [0.2, 0.25) is 5.91 Å². The van der Waals surface area contributed by atoms with Gasteiger partial charge in [0.25, 0.3) is 10.2 Å². The smallest absolute Gasteiger partial charge is 0.279 e. The third kappa shape index (κ3) is 4.66. The minimum absolute atomic E-state index is 0.0232. The van der Waals surface area contributed by atoms with Crippen molar-refractivity contribution < 1.29 is 17.9 Å². The van der Waals surface area contributed by atoms with Gasteiger partial charge >= 0.3 is 0 Å². The summed E-state index contributed by atoms with van der Waals surface area (Å²) in [6.45, 7) is 0.980. The molecule has 1 saturated heterocycles. The SMILES string of the molecule is COc1ccc(CCN2C[C@H](NS(=O)(=O)N(C)C)CC2=O)cc1. The highest BCUT2D eigenvalue weighted by atomic mass is 32.2. The van der Waals surface area contributed by atoms with Crippen molar-refractivity contribution in [3.05, 3.63) is 29.8 Å². The number of likely N-dealkylation sites (tertiary alicyclic amines) is 1. The van der Waals surface area contributed by atoms with E-state index in [0.29, 0.717) is 13.1 Å². The van der Waals surface area contributed by atoms with Crippen molar-refractivity contribution in [1.29, 1.82) is 0 Å². The molecule has 1 fully saturated rings. The van der Waals surface area contributed by atoms with Crippen LogP contribution < -0.4 is 9.46 Å². The lowest BCUT2D eigenvalue weighted by atomic mass is 10.1. The Morgan fingerprint density at radius 3 is 2.52 bits per heavy atom. The molecule has 8 heteroatoms. The van der Waals surface area contributed by atoms with Crippen LogP contribution in [0.4, 0.5) is 0 Å². The Morgan fingerprint density at radius 1 is 1.30 bits per heavy atom. The standard InChI is InChI=1S/C15H23N3O4S/c1-17(2)23(20,21)16-13-10-15(19)18(11-13)9-8-12-4-6-14(22-3)7-5-12/h4-7,13,16H,8-11H2,1-3H3/t13-/m1/s1. The molecule has 0 unspecified atom stereocenters. The van der Waals surface area contributed by atoms with Gasteiger partial charge in [-0.1, -0.05) is 12.1 Å². The highest BCUT2D eigenvalue weighted by Gasteiger charge is 2.32. The Balaban J connectivity index is 1.88. The molecule has 0 aliphatic carbocycles. The van der Waals surface area contributed by atoms with Crippen LogP contribution in [0.5, 0.6) is 5.75 Å². The molecule has 1 heterocycles. The Hall–Kier alpha value is -1.64. The molecule has 1 N–H and O–H groups in total. The zero-order valence-electron chi connectivity index (χ0n) is 13.7. The molecule has 1 atom stereocenters. The first kappa shape index (κ1) is 17.7. The van der Waals surface area contributed by atoms with Gasteiger partial charge in [-0.05, 0) is 24.1 Å². The summed E-state index contributed by atoms with van der Waals surface area (Å²) in [4.78, 5) is 13.7. The summed E-state index contributed by atoms with van der Waals surface area (Å²) < 4.78 is 32.4. The van der Waals surface area contributed by atoms with Crippen molar-refractivity contribution >= 4 is 16.1 Å². The lowest BCUT2D eigenvalue weighted by Crippen LogP contribution is -2.43. The van der Waals surface area contributed by atoms with Crippen molar-refractivity contribution in [3.63, 3.8) is 0 Å². The normalized spacial score (nSPS) is 18.7. The molecule has 2 rings (SSSR count). The number of hydrogen-bond donors (Lipinski definition) is 1. The Morgan fingerprint density at radius 2 is 1.96 bits per heavy atom. The Kier molecular flexibility index (Phi) is 5.61. The average Bonchev–Trinajstić information content (AvgIpc) is 2.84. The molecule has 128 valence electrons. The maximum atomic E-state index is 12.0. The fourth-order valence-electron chi connectivity index (χ4n) is 2.44. The summed E-state index contributed by atoms with van der Waals surface area (Å²) in [5.74, 6) is 0.772. The van der Waals surface area contributed by atoms with Crippen molar-refractivity contribution in [3.8, 4) is 5.75 Å². The van der Waals surface area contributed by atoms with Crippen LogP contribution >= 0.6 is 0 Å². The first-order valence-electron chi connectivity index (χ1n) is 7.42. The van der Waals surface area contributed by atoms with Crippen LogP contribution in [0, 0.1) is 0 Å². The van der Waals surface area contributed by atoms with Crippen molar-refractivity contribution in [1.82, 2.24) is 13.9 Å². The van der Waals surface area contributed by atoms with Crippen LogP contribution in [-0.4, -0.2) is 63.9 Å². The maximum absolute atomic E-state index is 12.0. The first-order chi connectivity index (χ1) is 10.8. The van der Waals surface area contributed by atoms with E-state index in [0.717, 1.165) is 22.0 Å². The second-order valence-electron chi connectivity index (χ2n) is 5.74. The van der Waals surface area contributed by atoms with Crippen molar-refractivity contribution in [2.24, 2.45) is 0 Å². The summed E-state index contributed by atoms with van der Waals surface area (Å²) in [5, 5.41) is 0. The van der Waals surface area contributed by atoms with Crippen LogP contribution in [-0.2, 0) is 21.4 Å². The van der Waals surface area contributed by atoms with E-state index in [4.69, 9.17) is 4.74 Å². The summed E-state index contributed by atoms with van der Waals surface area (Å²) >= 11 is 0. The minimum Gasteiger partial charge on any atom is -0.497 e. The largest absolute Gasteiger partial charge is 0.497 e. The number of amides is 1. The molecule has 7 nitrogen and oxygen atoms in total. The van der Waals surface area contributed by atoms with Gasteiger partial charge in [0.15, 0.2) is 0 Å². The molecule has 0 saturated carbocycles. The van der Waals surface area contributed by atoms with Crippen LogP contribution in [0.1, 0.15) is 12.0 Å². The second-order valence-corrected chi connectivity index (χ2v) is 7.66. The molecule has 23 heavy (non-hydrogen) atoms. The zero-order chi connectivity index (χ0) is 17.0. The van der Waals surface area contributed by atoms with Gasteiger partial charge < -0.3 is 9.64 Å². The predicted octanol–water partition coefficient (Wildman–Crippen LogP) is 0.235. The zero-order valence-corrected chi connectivity index (χ0v) is 14.5. The van der Waals surface area contributed by atoms with Crippen molar-refractivity contribution in [2.45, 2.75) is 18.9 Å². The van der Waals surface area contributed by atoms with E-state index in [-0.39, 0.29) is 18.4 Å². The number of nitrogens with one attached hydrogen (secondary N) is 1. The van der Waals surface area contributed by atoms with Gasteiger partial charge in [0.1, 0.15) is 5.75 Å². The van der Waals surface area contributed by atoms with Crippen LogP contribution in [0.3, 0.4) is 0 Å². The molecular formula is C15H23N3O4S. The molecule has 0 aromatic heterocycles. The van der Waals surface area contributed by atoms with Crippen LogP contribution in [0.25, 0.3) is 0 Å². The van der Waals surface area contributed by atoms with Gasteiger partial charge in [0, 0.05) is 39.6 Å². The molecule has 0 radical (unpaired) electrons. The number of rotatable bonds is 7. The maximum Gasteiger partial charge on any atom is 0.279 e. The van der Waals surface area contributed by atoms with Crippen LogP contribution in [0.2, 0.25) is 0 Å². The van der Waals surface area contributed by atoms with Gasteiger partial charge in [-0.3, -0.25) is 4.79 Å². The number of nitrogens with zero attached hydrogens (tertiary/aromatic N) is 2. The monoisotopic (exact) mass is 341 g/mol. The Bertz CT molecular complexity index is 643. The van der Waals surface area contributed by atoms with Gasteiger partial charge in [-0.25, -0.2) is 0 Å². The fourth-order valence-corrected chi connectivity index (χ4v) is 3.23. The van der Waals surface area contributed by atoms with E-state index < -0.39 is 10.2 Å². The second kappa shape index (κ2) is 7.29. The van der Waals surface area contributed by atoms with E-state index in [9.17, 15) is 13.2 Å². The van der Waals surface area contributed by atoms with Gasteiger partial charge in [-0.2, -0.15) is 17.4 Å². The van der Waals surface area contributed by atoms with E-state index in [2.05, 4.69) is 4.72 Å². The number of methoxy groups -OCH3 is 1. The quantitative estimate of drug-likeness (QED) is 0.770. The van der Waals surface area contributed by atoms with E-state index >= 15 is 0 Å². The molecular weight excluding hydrogens is 318 g/mol. The van der Waals surface area contributed by atoms with E-state index in [1.807, 2.05) is 24.3 Å². The third-order valence-corrected chi connectivity index (χ3v) is 5.43. The number of carbonyl (C=O) groups is 1. The fraction of sp³-hybridized carbons (Fsp3) is 0.533. The lowest BCUT2D eigenvalue weighted by molar-refractivity contribution is -0.127. The number of ether oxygens (including phenoxy) is 1. The number of hydrogen-bond acceptors (Lipinski definition) is 4. The van der Waals surface area contributed by atoms with E-state index in [1.54, 1.807) is 12.0 Å². The third-order valence-electron chi connectivity index (χ3n) is 3.84. The topological polar surface area (TPSA) is 79.0 Å². The van der Waals surface area contributed by atoms with Gasteiger partial charge in [-0.15, -0.1) is 0 Å². The average molecular weight is 341 g/mol. The summed E-state index contributed by atoms with van der Waals surface area (Å²) in [7, 11) is 1.02. The molecule has 1 amide bonds. The van der Waals surface area contributed by atoms with Gasteiger partial charge in [0.05, 0.1) is 7.11 Å². The number of benzene rings is 1. The summed E-state index contributed by atoms with van der Waals surface area (Å²) in [6.07, 6.45) is 0.929. The summed E-state index contributed by atoms with van der Waals surface area (Å²) in [5.41, 5.74) is 1.11. The van der Waals surface area contributed by atoms with Crippen LogP contribution in [0.15, 0.2) is 24.3 Å². The molecule has 1 aliphatic heterocycles. The predicted molar refractivity (Wildman–Crippen MR) is 87.4 cm³/mol. The summed E-state index contributed by atoms with van der Waals surface area (Å²) in [6, 6.07) is 7.33. The molecule has 1 aliphatic rings. The first-order valence-corrected chi connectivity index (χ1v) is 8.86. The Labute approximate surface area is 137 Å². The minimum atomic E-state index is -3.51. The lowest BCUT2D eigenvalue weighted by Gasteiger charge is -2.19. The van der Waals surface area contributed by atoms with Crippen molar-refractivity contribution in [2.75, 3.05) is 34.3 Å². The molecule has 1 aromatic carbocycles. The molecule has 1 aromatic rings. The highest BCUT2D eigenvalue weighted by molar-refractivity contribution is 7.87.